The summed E-state index contributed by atoms with van der Waals surface area (Å²) < 4.78 is 0. The Morgan fingerprint density at radius 2 is 2.11 bits per heavy atom. The minimum absolute atomic E-state index is 0.287. The summed E-state index contributed by atoms with van der Waals surface area (Å²) >= 11 is 12.2. The second kappa shape index (κ2) is 6.27. The zero-order valence-corrected chi connectivity index (χ0v) is 12.6. The van der Waals surface area contributed by atoms with Crippen LogP contribution in [0.4, 0.5) is 0 Å². The summed E-state index contributed by atoms with van der Waals surface area (Å²) in [6, 6.07) is 6.67. The third-order valence-corrected chi connectivity index (χ3v) is 4.60. The van der Waals surface area contributed by atoms with Crippen LogP contribution in [-0.4, -0.2) is 6.04 Å². The smallest absolute Gasteiger partial charge is 0.0468 e. The van der Waals surface area contributed by atoms with Gasteiger partial charge in [0.05, 0.1) is 0 Å². The lowest BCUT2D eigenvalue weighted by Crippen LogP contribution is -2.29. The van der Waals surface area contributed by atoms with Crippen LogP contribution in [0, 0.1) is 5.92 Å². The van der Waals surface area contributed by atoms with Gasteiger partial charge in [0, 0.05) is 22.1 Å². The quantitative estimate of drug-likeness (QED) is 0.799. The molecule has 1 fully saturated rings. The first kappa shape index (κ1) is 14.2. The van der Waals surface area contributed by atoms with E-state index in [1.54, 1.807) is 0 Å². The van der Waals surface area contributed by atoms with E-state index in [9.17, 15) is 0 Å². The van der Waals surface area contributed by atoms with E-state index in [-0.39, 0.29) is 6.04 Å². The van der Waals surface area contributed by atoms with Gasteiger partial charge in [0.2, 0.25) is 0 Å². The number of halogens is 2. The lowest BCUT2D eigenvalue weighted by atomic mass is 10.0. The molecule has 0 aliphatic heterocycles. The molecule has 2 rings (SSSR count). The van der Waals surface area contributed by atoms with Crippen molar-refractivity contribution in [1.82, 2.24) is 5.32 Å². The summed E-state index contributed by atoms with van der Waals surface area (Å²) in [7, 11) is 0. The average Bonchev–Trinajstić information content (AvgIpc) is 2.76. The van der Waals surface area contributed by atoms with Gasteiger partial charge in [-0.05, 0) is 49.8 Å². The molecule has 3 heteroatoms. The van der Waals surface area contributed by atoms with E-state index in [4.69, 9.17) is 23.2 Å². The summed E-state index contributed by atoms with van der Waals surface area (Å²) in [5.41, 5.74) is 1.14. The van der Waals surface area contributed by atoms with Crippen molar-refractivity contribution < 1.29 is 0 Å². The molecule has 0 bridgehead atoms. The van der Waals surface area contributed by atoms with Crippen molar-refractivity contribution >= 4 is 23.2 Å². The minimum atomic E-state index is 0.287. The van der Waals surface area contributed by atoms with Crippen LogP contribution in [0.15, 0.2) is 18.2 Å². The maximum absolute atomic E-state index is 6.24. The van der Waals surface area contributed by atoms with E-state index in [2.05, 4.69) is 19.2 Å². The van der Waals surface area contributed by atoms with Gasteiger partial charge in [0.1, 0.15) is 0 Å². The van der Waals surface area contributed by atoms with Crippen molar-refractivity contribution in [2.75, 3.05) is 0 Å². The van der Waals surface area contributed by atoms with E-state index in [0.29, 0.717) is 11.1 Å². The Kier molecular flexibility index (Phi) is 4.94. The van der Waals surface area contributed by atoms with Crippen molar-refractivity contribution in [3.63, 3.8) is 0 Å². The summed E-state index contributed by atoms with van der Waals surface area (Å²) in [5.74, 6) is 0.899. The fourth-order valence-corrected chi connectivity index (χ4v) is 3.47. The first-order valence-corrected chi connectivity index (χ1v) is 7.56. The van der Waals surface area contributed by atoms with E-state index >= 15 is 0 Å². The summed E-state index contributed by atoms with van der Waals surface area (Å²) in [6.07, 6.45) is 5.24. The molecule has 0 aromatic heterocycles. The van der Waals surface area contributed by atoms with Gasteiger partial charge in [0.25, 0.3) is 0 Å². The molecular formula is C15H21Cl2N. The van der Waals surface area contributed by atoms with E-state index in [1.165, 1.54) is 25.7 Å². The van der Waals surface area contributed by atoms with Crippen LogP contribution in [0.2, 0.25) is 10.0 Å². The molecule has 0 saturated heterocycles. The van der Waals surface area contributed by atoms with Gasteiger partial charge in [-0.1, -0.05) is 42.6 Å². The number of rotatable bonds is 4. The van der Waals surface area contributed by atoms with Crippen molar-refractivity contribution in [3.05, 3.63) is 33.8 Å². The molecule has 0 amide bonds. The SMILES string of the molecule is CCC1CCC(NC(C)c2ccc(Cl)cc2Cl)C1. The topological polar surface area (TPSA) is 12.0 Å². The molecule has 0 radical (unpaired) electrons. The second-order valence-electron chi connectivity index (χ2n) is 5.34. The summed E-state index contributed by atoms with van der Waals surface area (Å²) in [5, 5.41) is 5.15. The Morgan fingerprint density at radius 3 is 2.72 bits per heavy atom. The normalized spacial score (nSPS) is 25.3. The van der Waals surface area contributed by atoms with Gasteiger partial charge in [0.15, 0.2) is 0 Å². The molecule has 1 aromatic rings. The molecule has 1 nitrogen and oxygen atoms in total. The molecule has 100 valence electrons. The zero-order chi connectivity index (χ0) is 13.1. The molecule has 1 aliphatic carbocycles. The van der Waals surface area contributed by atoms with Crippen LogP contribution < -0.4 is 5.32 Å². The monoisotopic (exact) mass is 285 g/mol. The van der Waals surface area contributed by atoms with Crippen LogP contribution in [-0.2, 0) is 0 Å². The van der Waals surface area contributed by atoms with Crippen molar-refractivity contribution in [1.29, 1.82) is 0 Å². The zero-order valence-electron chi connectivity index (χ0n) is 11.0. The third kappa shape index (κ3) is 3.40. The van der Waals surface area contributed by atoms with Crippen molar-refractivity contribution in [2.45, 2.75) is 51.6 Å². The van der Waals surface area contributed by atoms with Crippen molar-refractivity contribution in [3.8, 4) is 0 Å². The molecule has 0 spiro atoms. The Labute approximate surface area is 120 Å². The van der Waals surface area contributed by atoms with Gasteiger partial charge in [-0.25, -0.2) is 0 Å². The van der Waals surface area contributed by atoms with Gasteiger partial charge in [-0.15, -0.1) is 0 Å². The van der Waals surface area contributed by atoms with Crippen LogP contribution in [0.25, 0.3) is 0 Å². The fraction of sp³-hybridized carbons (Fsp3) is 0.600. The predicted molar refractivity (Wildman–Crippen MR) is 79.4 cm³/mol. The number of hydrogen-bond donors (Lipinski definition) is 1. The molecule has 3 atom stereocenters. The Bertz CT molecular complexity index is 405. The fourth-order valence-electron chi connectivity index (χ4n) is 2.89. The van der Waals surface area contributed by atoms with Crippen LogP contribution in [0.1, 0.15) is 51.1 Å². The number of nitrogens with one attached hydrogen (secondary N) is 1. The van der Waals surface area contributed by atoms with Gasteiger partial charge >= 0.3 is 0 Å². The Hall–Kier alpha value is -0.240. The maximum atomic E-state index is 6.24. The minimum Gasteiger partial charge on any atom is -0.307 e. The molecule has 0 heterocycles. The average molecular weight is 286 g/mol. The molecule has 1 aliphatic rings. The second-order valence-corrected chi connectivity index (χ2v) is 6.18. The highest BCUT2D eigenvalue weighted by atomic mass is 35.5. The number of hydrogen-bond acceptors (Lipinski definition) is 1. The van der Waals surface area contributed by atoms with Crippen LogP contribution in [0.5, 0.6) is 0 Å². The largest absolute Gasteiger partial charge is 0.307 e. The first-order valence-electron chi connectivity index (χ1n) is 6.81. The molecule has 1 aromatic carbocycles. The van der Waals surface area contributed by atoms with Gasteiger partial charge < -0.3 is 5.32 Å². The molecular weight excluding hydrogens is 265 g/mol. The standard InChI is InChI=1S/C15H21Cl2N/c1-3-11-4-6-13(8-11)18-10(2)14-7-5-12(16)9-15(14)17/h5,7,9-11,13,18H,3-4,6,8H2,1-2H3. The van der Waals surface area contributed by atoms with E-state index in [1.807, 2.05) is 18.2 Å². The summed E-state index contributed by atoms with van der Waals surface area (Å²) in [6.45, 7) is 4.46. The third-order valence-electron chi connectivity index (χ3n) is 4.03. The Balaban J connectivity index is 1.97. The molecule has 1 N–H and O–H groups in total. The Morgan fingerprint density at radius 1 is 1.33 bits per heavy atom. The van der Waals surface area contributed by atoms with Gasteiger partial charge in [-0.3, -0.25) is 0 Å². The van der Waals surface area contributed by atoms with Crippen LogP contribution >= 0.6 is 23.2 Å². The van der Waals surface area contributed by atoms with Crippen LogP contribution in [0.3, 0.4) is 0 Å². The lowest BCUT2D eigenvalue weighted by Gasteiger charge is -2.21. The number of benzene rings is 1. The first-order chi connectivity index (χ1) is 8.60. The van der Waals surface area contributed by atoms with E-state index in [0.717, 1.165) is 16.5 Å². The predicted octanol–water partition coefficient (Wildman–Crippen LogP) is 5.22. The highest BCUT2D eigenvalue weighted by Gasteiger charge is 2.24. The highest BCUT2D eigenvalue weighted by Crippen LogP contribution is 2.31. The van der Waals surface area contributed by atoms with Gasteiger partial charge in [-0.2, -0.15) is 0 Å². The molecule has 1 saturated carbocycles. The maximum Gasteiger partial charge on any atom is 0.0468 e. The summed E-state index contributed by atoms with van der Waals surface area (Å²) in [4.78, 5) is 0. The highest BCUT2D eigenvalue weighted by molar-refractivity contribution is 6.35. The van der Waals surface area contributed by atoms with E-state index < -0.39 is 0 Å². The lowest BCUT2D eigenvalue weighted by molar-refractivity contribution is 0.438. The molecule has 3 unspecified atom stereocenters. The van der Waals surface area contributed by atoms with Crippen molar-refractivity contribution in [2.24, 2.45) is 5.92 Å². The molecule has 18 heavy (non-hydrogen) atoms.